The standard InChI is InChI=1S/C18H17NO3/c1-11-4-3-5-14(9-11)19-17(20)16-10-13-8-12(2)6-7-15(13)18(21)22-16/h3-9,16H,10H2,1-2H3,(H,19,20). The molecule has 112 valence electrons. The number of carbonyl (C=O) groups excluding carboxylic acids is 2. The fraction of sp³-hybridized carbons (Fsp3) is 0.222. The Kier molecular flexibility index (Phi) is 3.67. The monoisotopic (exact) mass is 295 g/mol. The van der Waals surface area contributed by atoms with Gasteiger partial charge in [0, 0.05) is 12.1 Å². The van der Waals surface area contributed by atoms with Crippen molar-refractivity contribution in [2.24, 2.45) is 0 Å². The summed E-state index contributed by atoms with van der Waals surface area (Å²) in [4.78, 5) is 24.3. The minimum absolute atomic E-state index is 0.300. The second kappa shape index (κ2) is 5.64. The van der Waals surface area contributed by atoms with E-state index >= 15 is 0 Å². The zero-order valence-electron chi connectivity index (χ0n) is 12.6. The number of benzene rings is 2. The van der Waals surface area contributed by atoms with Crippen molar-refractivity contribution in [1.29, 1.82) is 0 Å². The first kappa shape index (κ1) is 14.3. The van der Waals surface area contributed by atoms with E-state index in [1.54, 1.807) is 6.07 Å². The normalized spacial score (nSPS) is 16.6. The number of fused-ring (bicyclic) bond motifs is 1. The Morgan fingerprint density at radius 3 is 2.68 bits per heavy atom. The SMILES string of the molecule is Cc1cccc(NC(=O)C2Cc3cc(C)ccc3C(=O)O2)c1. The molecule has 3 rings (SSSR count). The van der Waals surface area contributed by atoms with Gasteiger partial charge in [-0.15, -0.1) is 0 Å². The van der Waals surface area contributed by atoms with Crippen LogP contribution in [0.4, 0.5) is 5.69 Å². The van der Waals surface area contributed by atoms with E-state index in [2.05, 4.69) is 5.32 Å². The molecule has 0 saturated carbocycles. The maximum absolute atomic E-state index is 12.3. The second-order valence-corrected chi connectivity index (χ2v) is 5.62. The summed E-state index contributed by atoms with van der Waals surface area (Å²) in [6.45, 7) is 3.91. The van der Waals surface area contributed by atoms with Crippen molar-refractivity contribution >= 4 is 17.6 Å². The molecule has 4 nitrogen and oxygen atoms in total. The summed E-state index contributed by atoms with van der Waals surface area (Å²) in [7, 11) is 0. The lowest BCUT2D eigenvalue weighted by Gasteiger charge is -2.24. The lowest BCUT2D eigenvalue weighted by atomic mass is 9.96. The van der Waals surface area contributed by atoms with Crippen LogP contribution in [-0.2, 0) is 16.0 Å². The average Bonchev–Trinajstić information content (AvgIpc) is 2.46. The summed E-state index contributed by atoms with van der Waals surface area (Å²) in [5.74, 6) is -0.739. The quantitative estimate of drug-likeness (QED) is 0.866. The Balaban J connectivity index is 1.79. The minimum Gasteiger partial charge on any atom is -0.448 e. The predicted octanol–water partition coefficient (Wildman–Crippen LogP) is 3.02. The maximum atomic E-state index is 12.3. The molecule has 2 aromatic rings. The van der Waals surface area contributed by atoms with Gasteiger partial charge in [0.1, 0.15) is 0 Å². The van der Waals surface area contributed by atoms with Gasteiger partial charge in [-0.2, -0.15) is 0 Å². The van der Waals surface area contributed by atoms with Crippen LogP contribution in [0.3, 0.4) is 0 Å². The summed E-state index contributed by atoms with van der Waals surface area (Å²) in [6, 6.07) is 13.1. The number of cyclic esters (lactones) is 1. The molecule has 0 aromatic heterocycles. The molecule has 1 amide bonds. The molecule has 0 radical (unpaired) electrons. The smallest absolute Gasteiger partial charge is 0.339 e. The van der Waals surface area contributed by atoms with Gasteiger partial charge in [-0.05, 0) is 43.2 Å². The molecule has 0 spiro atoms. The van der Waals surface area contributed by atoms with E-state index in [1.807, 2.05) is 50.2 Å². The zero-order valence-corrected chi connectivity index (χ0v) is 12.6. The van der Waals surface area contributed by atoms with Gasteiger partial charge >= 0.3 is 5.97 Å². The average molecular weight is 295 g/mol. The van der Waals surface area contributed by atoms with Crippen molar-refractivity contribution in [3.8, 4) is 0 Å². The van der Waals surface area contributed by atoms with Crippen LogP contribution in [0.2, 0.25) is 0 Å². The summed E-state index contributed by atoms with van der Waals surface area (Å²) >= 11 is 0. The Morgan fingerprint density at radius 2 is 1.91 bits per heavy atom. The zero-order chi connectivity index (χ0) is 15.7. The van der Waals surface area contributed by atoms with E-state index in [0.29, 0.717) is 17.7 Å². The summed E-state index contributed by atoms with van der Waals surface area (Å²) in [5.41, 5.74) is 4.23. The van der Waals surface area contributed by atoms with Gasteiger partial charge in [-0.25, -0.2) is 4.79 Å². The van der Waals surface area contributed by atoms with Crippen LogP contribution in [0.25, 0.3) is 0 Å². The third-order valence-electron chi connectivity index (χ3n) is 3.71. The van der Waals surface area contributed by atoms with Crippen LogP contribution in [0.15, 0.2) is 42.5 Å². The Labute approximate surface area is 129 Å². The summed E-state index contributed by atoms with van der Waals surface area (Å²) in [5, 5.41) is 2.80. The molecule has 1 aliphatic heterocycles. The molecule has 22 heavy (non-hydrogen) atoms. The van der Waals surface area contributed by atoms with E-state index in [4.69, 9.17) is 4.74 Å². The number of rotatable bonds is 2. The highest BCUT2D eigenvalue weighted by molar-refractivity contribution is 6.00. The molecule has 1 unspecified atom stereocenters. The van der Waals surface area contributed by atoms with Crippen LogP contribution in [0.1, 0.15) is 27.0 Å². The summed E-state index contributed by atoms with van der Waals surface area (Å²) in [6.07, 6.45) is -0.386. The molecule has 4 heteroatoms. The third-order valence-corrected chi connectivity index (χ3v) is 3.71. The molecule has 1 heterocycles. The highest BCUT2D eigenvalue weighted by Crippen LogP contribution is 2.23. The van der Waals surface area contributed by atoms with Gasteiger partial charge in [0.05, 0.1) is 5.56 Å². The number of amides is 1. The number of carbonyl (C=O) groups is 2. The Hall–Kier alpha value is -2.62. The molecular formula is C18H17NO3. The van der Waals surface area contributed by atoms with Crippen molar-refractivity contribution in [2.75, 3.05) is 5.32 Å². The van der Waals surface area contributed by atoms with Crippen molar-refractivity contribution in [2.45, 2.75) is 26.4 Å². The van der Waals surface area contributed by atoms with Crippen molar-refractivity contribution in [3.63, 3.8) is 0 Å². The number of anilines is 1. The largest absolute Gasteiger partial charge is 0.448 e. The molecule has 2 aromatic carbocycles. The van der Waals surface area contributed by atoms with Crippen LogP contribution in [-0.4, -0.2) is 18.0 Å². The first-order valence-electron chi connectivity index (χ1n) is 7.21. The number of ether oxygens (including phenoxy) is 1. The van der Waals surface area contributed by atoms with Gasteiger partial charge in [0.15, 0.2) is 6.10 Å². The van der Waals surface area contributed by atoms with Gasteiger partial charge in [0.25, 0.3) is 5.91 Å². The topological polar surface area (TPSA) is 55.4 Å². The first-order chi connectivity index (χ1) is 10.5. The predicted molar refractivity (Wildman–Crippen MR) is 83.9 cm³/mol. The lowest BCUT2D eigenvalue weighted by molar-refractivity contribution is -0.125. The van der Waals surface area contributed by atoms with Gasteiger partial charge < -0.3 is 10.1 Å². The van der Waals surface area contributed by atoms with Crippen LogP contribution in [0, 0.1) is 13.8 Å². The number of nitrogens with one attached hydrogen (secondary N) is 1. The fourth-order valence-electron chi connectivity index (χ4n) is 2.62. The minimum atomic E-state index is -0.790. The maximum Gasteiger partial charge on any atom is 0.339 e. The molecule has 1 N–H and O–H groups in total. The van der Waals surface area contributed by atoms with Crippen molar-refractivity contribution in [1.82, 2.24) is 0 Å². The molecule has 0 saturated heterocycles. The lowest BCUT2D eigenvalue weighted by Crippen LogP contribution is -2.38. The highest BCUT2D eigenvalue weighted by Gasteiger charge is 2.31. The molecule has 1 aliphatic rings. The Morgan fingerprint density at radius 1 is 1.14 bits per heavy atom. The van der Waals surface area contributed by atoms with E-state index in [-0.39, 0.29) is 5.91 Å². The van der Waals surface area contributed by atoms with Gasteiger partial charge in [-0.1, -0.05) is 29.8 Å². The van der Waals surface area contributed by atoms with Crippen LogP contribution in [0.5, 0.6) is 0 Å². The fourth-order valence-corrected chi connectivity index (χ4v) is 2.62. The Bertz CT molecular complexity index is 752. The van der Waals surface area contributed by atoms with Crippen LogP contribution >= 0.6 is 0 Å². The van der Waals surface area contributed by atoms with Crippen molar-refractivity contribution in [3.05, 3.63) is 64.7 Å². The highest BCUT2D eigenvalue weighted by atomic mass is 16.5. The van der Waals surface area contributed by atoms with E-state index in [9.17, 15) is 9.59 Å². The molecule has 0 bridgehead atoms. The molecule has 0 aliphatic carbocycles. The summed E-state index contributed by atoms with van der Waals surface area (Å²) < 4.78 is 5.27. The van der Waals surface area contributed by atoms with E-state index < -0.39 is 12.1 Å². The first-order valence-corrected chi connectivity index (χ1v) is 7.21. The number of esters is 1. The van der Waals surface area contributed by atoms with Gasteiger partial charge in [0.2, 0.25) is 0 Å². The van der Waals surface area contributed by atoms with Gasteiger partial charge in [-0.3, -0.25) is 4.79 Å². The van der Waals surface area contributed by atoms with E-state index in [1.165, 1.54) is 0 Å². The third kappa shape index (κ3) is 2.86. The number of hydrogen-bond acceptors (Lipinski definition) is 3. The second-order valence-electron chi connectivity index (χ2n) is 5.62. The van der Waals surface area contributed by atoms with Crippen molar-refractivity contribution < 1.29 is 14.3 Å². The molecular weight excluding hydrogens is 278 g/mol. The molecule has 0 fully saturated rings. The van der Waals surface area contributed by atoms with E-state index in [0.717, 1.165) is 16.7 Å². The van der Waals surface area contributed by atoms with Crippen LogP contribution < -0.4 is 5.32 Å². The number of hydrogen-bond donors (Lipinski definition) is 1. The molecule has 1 atom stereocenters. The number of aryl methyl sites for hydroxylation is 2.